The van der Waals surface area contributed by atoms with Gasteiger partial charge in [0.2, 0.25) is 0 Å². The Morgan fingerprint density at radius 3 is 2.79 bits per heavy atom. The number of ether oxygens (including phenoxy) is 1. The van der Waals surface area contributed by atoms with E-state index in [9.17, 15) is 4.79 Å². The van der Waals surface area contributed by atoms with Gasteiger partial charge in [0.1, 0.15) is 22.3 Å². The van der Waals surface area contributed by atoms with Gasteiger partial charge in [0, 0.05) is 20.2 Å². The van der Waals surface area contributed by atoms with E-state index in [4.69, 9.17) is 9.57 Å². The van der Waals surface area contributed by atoms with Gasteiger partial charge >= 0.3 is 5.97 Å². The summed E-state index contributed by atoms with van der Waals surface area (Å²) >= 11 is 1.33. The number of aromatic amines is 1. The highest BCUT2D eigenvalue weighted by atomic mass is 32.1. The lowest BCUT2D eigenvalue weighted by Gasteiger charge is -2.12. The maximum Gasteiger partial charge on any atom is 0.350 e. The minimum absolute atomic E-state index is 0.304. The summed E-state index contributed by atoms with van der Waals surface area (Å²) in [7, 11) is 3.90. The lowest BCUT2D eigenvalue weighted by molar-refractivity contribution is -0.341. The Hall–Kier alpha value is -2.97. The van der Waals surface area contributed by atoms with Crippen molar-refractivity contribution in [3.05, 3.63) is 53.0 Å². The fourth-order valence-electron chi connectivity index (χ4n) is 2.70. The summed E-state index contributed by atoms with van der Waals surface area (Å²) in [6.45, 7) is 2.49. The van der Waals surface area contributed by atoms with Crippen LogP contribution in [0.4, 0.5) is 11.4 Å². The SMILES string of the molecule is CCOC(=O)c1sc2[nH+]ccc(N(C)C)c2c1N=CNOCc1ccccc1. The van der Waals surface area contributed by atoms with Gasteiger partial charge in [-0.25, -0.2) is 14.8 Å². The second-order valence-corrected chi connectivity index (χ2v) is 7.13. The highest BCUT2D eigenvalue weighted by Crippen LogP contribution is 2.40. The van der Waals surface area contributed by atoms with E-state index in [0.717, 1.165) is 21.5 Å². The molecule has 8 heteroatoms. The van der Waals surface area contributed by atoms with Gasteiger partial charge in [-0.1, -0.05) is 41.7 Å². The number of esters is 1. The van der Waals surface area contributed by atoms with E-state index in [0.29, 0.717) is 23.8 Å². The van der Waals surface area contributed by atoms with Crippen LogP contribution in [0, 0.1) is 0 Å². The molecule has 2 heterocycles. The number of rotatable bonds is 8. The van der Waals surface area contributed by atoms with Crippen LogP contribution in [0.3, 0.4) is 0 Å². The van der Waals surface area contributed by atoms with E-state index in [2.05, 4.69) is 15.5 Å². The second kappa shape index (κ2) is 9.29. The normalized spacial score (nSPS) is 11.1. The molecule has 3 rings (SSSR count). The summed E-state index contributed by atoms with van der Waals surface area (Å²) in [5.41, 5.74) is 5.27. The molecule has 7 nitrogen and oxygen atoms in total. The van der Waals surface area contributed by atoms with E-state index < -0.39 is 0 Å². The van der Waals surface area contributed by atoms with Crippen LogP contribution in [-0.2, 0) is 16.2 Å². The number of pyridine rings is 1. The number of thiophene rings is 1. The molecule has 0 fully saturated rings. The monoisotopic (exact) mass is 399 g/mol. The van der Waals surface area contributed by atoms with Gasteiger partial charge in [-0.15, -0.1) is 0 Å². The fraction of sp³-hybridized carbons (Fsp3) is 0.250. The predicted octanol–water partition coefficient (Wildman–Crippen LogP) is 3.34. The van der Waals surface area contributed by atoms with Crippen molar-refractivity contribution < 1.29 is 19.4 Å². The van der Waals surface area contributed by atoms with Crippen molar-refractivity contribution in [2.24, 2.45) is 4.99 Å². The van der Waals surface area contributed by atoms with Crippen molar-refractivity contribution in [2.45, 2.75) is 13.5 Å². The standard InChI is InChI=1S/C20H22N4O3S/c1-4-26-20(25)18-17(16-15(24(2)3)10-11-21-19(16)28-18)22-13-23-27-12-14-8-6-5-7-9-14/h5-11,13H,4,12H2,1-3H3,(H,22,23)/p+1. The lowest BCUT2D eigenvalue weighted by Crippen LogP contribution is -2.12. The third-order valence-electron chi connectivity index (χ3n) is 3.95. The zero-order valence-corrected chi connectivity index (χ0v) is 16.9. The Labute approximate surface area is 167 Å². The lowest BCUT2D eigenvalue weighted by atomic mass is 10.2. The average molecular weight is 399 g/mol. The van der Waals surface area contributed by atoms with Crippen molar-refractivity contribution in [1.82, 2.24) is 5.48 Å². The Kier molecular flexibility index (Phi) is 6.57. The Balaban J connectivity index is 1.86. The number of carbonyl (C=O) groups excluding carboxylic acids is 1. The Bertz CT molecular complexity index is 970. The summed E-state index contributed by atoms with van der Waals surface area (Å²) in [4.78, 5) is 28.8. The molecular formula is C20H23N4O3S+. The molecule has 2 aromatic heterocycles. The molecule has 0 radical (unpaired) electrons. The number of fused-ring (bicyclic) bond motifs is 1. The van der Waals surface area contributed by atoms with Gasteiger partial charge in [-0.3, -0.25) is 10.3 Å². The summed E-state index contributed by atoms with van der Waals surface area (Å²) in [5, 5.41) is 0.863. The van der Waals surface area contributed by atoms with E-state index >= 15 is 0 Å². The zero-order chi connectivity index (χ0) is 19.9. The number of anilines is 1. The number of nitrogens with one attached hydrogen (secondary N) is 2. The average Bonchev–Trinajstić information content (AvgIpc) is 3.07. The van der Waals surface area contributed by atoms with Gasteiger partial charge < -0.3 is 9.64 Å². The van der Waals surface area contributed by atoms with Gasteiger partial charge in [-0.05, 0) is 12.5 Å². The molecule has 146 valence electrons. The maximum atomic E-state index is 12.4. The molecule has 0 unspecified atom stereocenters. The van der Waals surface area contributed by atoms with E-state index in [1.54, 1.807) is 6.92 Å². The molecule has 0 aliphatic carbocycles. The number of hydrogen-bond donors (Lipinski definition) is 1. The van der Waals surface area contributed by atoms with Crippen LogP contribution in [0.25, 0.3) is 10.2 Å². The summed E-state index contributed by atoms with van der Waals surface area (Å²) in [6.07, 6.45) is 3.29. The topological polar surface area (TPSA) is 77.3 Å². The van der Waals surface area contributed by atoms with Crippen LogP contribution in [0.5, 0.6) is 0 Å². The second-order valence-electron chi connectivity index (χ2n) is 6.11. The Morgan fingerprint density at radius 2 is 2.07 bits per heavy atom. The molecule has 0 atom stereocenters. The smallest absolute Gasteiger partial charge is 0.350 e. The molecule has 0 saturated heterocycles. The van der Waals surface area contributed by atoms with Crippen LogP contribution < -0.4 is 15.4 Å². The van der Waals surface area contributed by atoms with Gasteiger partial charge in [0.05, 0.1) is 18.9 Å². The molecule has 28 heavy (non-hydrogen) atoms. The summed E-state index contributed by atoms with van der Waals surface area (Å²) in [5.74, 6) is -0.390. The summed E-state index contributed by atoms with van der Waals surface area (Å²) in [6, 6.07) is 11.8. The molecule has 0 spiro atoms. The number of H-pyrrole nitrogens is 1. The highest BCUT2D eigenvalue weighted by Gasteiger charge is 2.25. The van der Waals surface area contributed by atoms with Crippen molar-refractivity contribution in [3.63, 3.8) is 0 Å². The first-order valence-electron chi connectivity index (χ1n) is 8.87. The van der Waals surface area contributed by atoms with Crippen LogP contribution in [0.1, 0.15) is 22.2 Å². The van der Waals surface area contributed by atoms with Crippen LogP contribution in [0.2, 0.25) is 0 Å². The third kappa shape index (κ3) is 4.47. The third-order valence-corrected chi connectivity index (χ3v) is 5.04. The molecule has 0 aliphatic rings. The number of nitrogens with zero attached hydrogens (tertiary/aromatic N) is 2. The van der Waals surface area contributed by atoms with Crippen molar-refractivity contribution in [2.75, 3.05) is 25.6 Å². The number of benzene rings is 1. The summed E-state index contributed by atoms with van der Waals surface area (Å²) < 4.78 is 5.20. The van der Waals surface area contributed by atoms with E-state index in [1.807, 2.05) is 61.6 Å². The van der Waals surface area contributed by atoms with E-state index in [1.165, 1.54) is 17.7 Å². The first-order chi connectivity index (χ1) is 13.6. The van der Waals surface area contributed by atoms with E-state index in [-0.39, 0.29) is 5.97 Å². The first-order valence-corrected chi connectivity index (χ1v) is 9.69. The molecular weight excluding hydrogens is 376 g/mol. The number of aliphatic imine (C=N–C) groups is 1. The zero-order valence-electron chi connectivity index (χ0n) is 16.1. The number of hydroxylamine groups is 1. The number of aromatic nitrogens is 1. The molecule has 1 aromatic carbocycles. The van der Waals surface area contributed by atoms with Gasteiger partial charge in [-0.2, -0.15) is 0 Å². The number of hydrogen-bond acceptors (Lipinski definition) is 6. The Morgan fingerprint density at radius 1 is 1.29 bits per heavy atom. The van der Waals surface area contributed by atoms with Crippen LogP contribution in [0.15, 0.2) is 47.6 Å². The largest absolute Gasteiger partial charge is 0.462 e. The first kappa shape index (κ1) is 19.8. The van der Waals surface area contributed by atoms with Crippen molar-refractivity contribution in [3.8, 4) is 0 Å². The van der Waals surface area contributed by atoms with Crippen molar-refractivity contribution in [1.29, 1.82) is 0 Å². The highest BCUT2D eigenvalue weighted by molar-refractivity contribution is 7.20. The molecule has 0 saturated carbocycles. The quantitative estimate of drug-likeness (QED) is 0.207. The maximum absolute atomic E-state index is 12.4. The molecule has 3 aromatic rings. The molecule has 0 bridgehead atoms. The van der Waals surface area contributed by atoms with Crippen LogP contribution in [-0.4, -0.2) is 33.0 Å². The number of carbonyl (C=O) groups is 1. The molecule has 2 N–H and O–H groups in total. The fourth-order valence-corrected chi connectivity index (χ4v) is 3.73. The molecule has 0 aliphatic heterocycles. The van der Waals surface area contributed by atoms with Gasteiger partial charge in [0.25, 0.3) is 4.83 Å². The minimum atomic E-state index is -0.390. The van der Waals surface area contributed by atoms with Crippen LogP contribution >= 0.6 is 11.3 Å². The molecule has 0 amide bonds. The van der Waals surface area contributed by atoms with Gasteiger partial charge in [0.15, 0.2) is 6.20 Å². The van der Waals surface area contributed by atoms with Crippen molar-refractivity contribution >= 4 is 45.2 Å². The minimum Gasteiger partial charge on any atom is -0.462 e. The predicted molar refractivity (Wildman–Crippen MR) is 111 cm³/mol.